The predicted molar refractivity (Wildman–Crippen MR) is 114 cm³/mol. The maximum atomic E-state index is 13.3. The fourth-order valence-electron chi connectivity index (χ4n) is 5.28. The summed E-state index contributed by atoms with van der Waals surface area (Å²) in [6.07, 6.45) is 0. The number of carbonyl (C=O) groups is 1. The molecule has 0 saturated carbocycles. The summed E-state index contributed by atoms with van der Waals surface area (Å²) in [5.74, 6) is 1.06. The summed E-state index contributed by atoms with van der Waals surface area (Å²) in [6.45, 7) is 7.60. The summed E-state index contributed by atoms with van der Waals surface area (Å²) in [5.41, 5.74) is 2.57. The minimum absolute atomic E-state index is 0.0407. The molecule has 7 heteroatoms. The van der Waals surface area contributed by atoms with Crippen LogP contribution in [0, 0.1) is 18.3 Å². The third kappa shape index (κ3) is 4.02. The number of benzene rings is 1. The zero-order valence-electron chi connectivity index (χ0n) is 18.4. The van der Waals surface area contributed by atoms with Crippen LogP contribution in [0.25, 0.3) is 0 Å². The summed E-state index contributed by atoms with van der Waals surface area (Å²) >= 11 is 0. The first-order valence-corrected chi connectivity index (χ1v) is 10.6. The molecule has 0 spiro atoms. The summed E-state index contributed by atoms with van der Waals surface area (Å²) < 4.78 is 10.6. The second kappa shape index (κ2) is 8.49. The van der Waals surface area contributed by atoms with E-state index in [0.717, 1.165) is 44.8 Å². The highest BCUT2D eigenvalue weighted by Crippen LogP contribution is 2.44. The van der Waals surface area contributed by atoms with Crippen LogP contribution in [0.2, 0.25) is 0 Å². The topological polar surface area (TPSA) is 62.1 Å². The van der Waals surface area contributed by atoms with Crippen molar-refractivity contribution >= 4 is 5.91 Å². The highest BCUT2D eigenvalue weighted by molar-refractivity contribution is 5.94. The lowest BCUT2D eigenvalue weighted by Crippen LogP contribution is -2.43. The van der Waals surface area contributed by atoms with Crippen LogP contribution in [0.3, 0.4) is 0 Å². The van der Waals surface area contributed by atoms with Gasteiger partial charge in [-0.3, -0.25) is 9.69 Å². The SMILES string of the molecule is COCc1c(C(=O)N2C[C@H]3CN(Cc4ccccc4)C[C@@]3(CN(C)C)C2)noc1C. The molecule has 7 nitrogen and oxygen atoms in total. The molecule has 0 N–H and O–H groups in total. The van der Waals surface area contributed by atoms with Crippen LogP contribution in [0.1, 0.15) is 27.4 Å². The van der Waals surface area contributed by atoms with Crippen LogP contribution in [0.15, 0.2) is 34.9 Å². The second-order valence-electron chi connectivity index (χ2n) is 9.14. The molecule has 0 radical (unpaired) electrons. The van der Waals surface area contributed by atoms with Gasteiger partial charge in [0.25, 0.3) is 5.91 Å². The Hall–Kier alpha value is -2.22. The van der Waals surface area contributed by atoms with E-state index in [4.69, 9.17) is 9.26 Å². The average Bonchev–Trinajstić information content (AvgIpc) is 3.32. The number of carbonyl (C=O) groups excluding carboxylic acids is 1. The first-order chi connectivity index (χ1) is 14.4. The highest BCUT2D eigenvalue weighted by Gasteiger charge is 2.53. The molecule has 30 heavy (non-hydrogen) atoms. The van der Waals surface area contributed by atoms with Crippen molar-refractivity contribution in [3.8, 4) is 0 Å². The highest BCUT2D eigenvalue weighted by atomic mass is 16.5. The number of ether oxygens (including phenoxy) is 1. The van der Waals surface area contributed by atoms with Crippen LogP contribution in [0.5, 0.6) is 0 Å². The van der Waals surface area contributed by atoms with E-state index in [1.165, 1.54) is 5.56 Å². The molecule has 4 rings (SSSR count). The van der Waals surface area contributed by atoms with Crippen molar-refractivity contribution < 1.29 is 14.1 Å². The molecule has 2 aromatic rings. The van der Waals surface area contributed by atoms with E-state index in [1.807, 2.05) is 11.8 Å². The molecule has 1 aromatic heterocycles. The Morgan fingerprint density at radius 3 is 2.73 bits per heavy atom. The number of rotatable bonds is 7. The fourth-order valence-corrected chi connectivity index (χ4v) is 5.28. The molecule has 0 unspecified atom stereocenters. The van der Waals surface area contributed by atoms with Gasteiger partial charge in [-0.2, -0.15) is 0 Å². The van der Waals surface area contributed by atoms with Crippen LogP contribution in [-0.2, 0) is 17.9 Å². The van der Waals surface area contributed by atoms with Gasteiger partial charge in [0, 0.05) is 51.8 Å². The van der Waals surface area contributed by atoms with E-state index in [2.05, 4.69) is 59.4 Å². The van der Waals surface area contributed by atoms with E-state index in [0.29, 0.717) is 24.0 Å². The van der Waals surface area contributed by atoms with Crippen molar-refractivity contribution in [1.29, 1.82) is 0 Å². The number of amides is 1. The van der Waals surface area contributed by atoms with Crippen LogP contribution in [0.4, 0.5) is 0 Å². The number of likely N-dealkylation sites (tertiary alicyclic amines) is 2. The molecule has 0 aliphatic carbocycles. The summed E-state index contributed by atoms with van der Waals surface area (Å²) in [7, 11) is 5.86. The number of hydrogen-bond acceptors (Lipinski definition) is 6. The maximum Gasteiger partial charge on any atom is 0.276 e. The first kappa shape index (κ1) is 21.0. The Bertz CT molecular complexity index is 882. The fraction of sp³-hybridized carbons (Fsp3) is 0.565. The molecule has 2 saturated heterocycles. The van der Waals surface area contributed by atoms with Gasteiger partial charge >= 0.3 is 0 Å². The zero-order valence-corrected chi connectivity index (χ0v) is 18.4. The van der Waals surface area contributed by atoms with Crippen LogP contribution in [-0.4, -0.2) is 79.7 Å². The quantitative estimate of drug-likeness (QED) is 0.695. The second-order valence-corrected chi connectivity index (χ2v) is 9.14. The van der Waals surface area contributed by atoms with Gasteiger partial charge in [0.2, 0.25) is 0 Å². The van der Waals surface area contributed by atoms with Gasteiger partial charge < -0.3 is 19.1 Å². The Kier molecular flexibility index (Phi) is 5.95. The van der Waals surface area contributed by atoms with Crippen molar-refractivity contribution in [2.24, 2.45) is 11.3 Å². The molecule has 3 heterocycles. The van der Waals surface area contributed by atoms with E-state index in [-0.39, 0.29) is 11.3 Å². The number of aryl methyl sites for hydroxylation is 1. The van der Waals surface area contributed by atoms with Gasteiger partial charge in [-0.15, -0.1) is 0 Å². The lowest BCUT2D eigenvalue weighted by Gasteiger charge is -2.32. The largest absolute Gasteiger partial charge is 0.380 e. The molecular weight excluding hydrogens is 380 g/mol. The van der Waals surface area contributed by atoms with Gasteiger partial charge in [0.05, 0.1) is 12.2 Å². The lowest BCUT2D eigenvalue weighted by atomic mass is 9.80. The van der Waals surface area contributed by atoms with E-state index in [9.17, 15) is 4.79 Å². The summed E-state index contributed by atoms with van der Waals surface area (Å²) in [4.78, 5) is 20.1. The molecular formula is C23H32N4O3. The van der Waals surface area contributed by atoms with Crippen molar-refractivity contribution in [1.82, 2.24) is 19.9 Å². The summed E-state index contributed by atoms with van der Waals surface area (Å²) in [5, 5.41) is 4.06. The van der Waals surface area contributed by atoms with Gasteiger partial charge in [-0.05, 0) is 32.5 Å². The Balaban J connectivity index is 1.51. The number of methoxy groups -OCH3 is 1. The minimum atomic E-state index is -0.0407. The molecule has 2 fully saturated rings. The molecule has 0 bridgehead atoms. The maximum absolute atomic E-state index is 13.3. The first-order valence-electron chi connectivity index (χ1n) is 10.6. The Morgan fingerprint density at radius 1 is 1.27 bits per heavy atom. The molecule has 1 aromatic carbocycles. The Labute approximate surface area is 178 Å². The number of hydrogen-bond donors (Lipinski definition) is 0. The zero-order chi connectivity index (χ0) is 21.3. The number of fused-ring (bicyclic) bond motifs is 1. The van der Waals surface area contributed by atoms with Gasteiger partial charge in [-0.25, -0.2) is 0 Å². The number of aromatic nitrogens is 1. The third-order valence-corrected chi connectivity index (χ3v) is 6.47. The average molecular weight is 413 g/mol. The van der Waals surface area contributed by atoms with Gasteiger partial charge in [0.15, 0.2) is 5.69 Å². The monoisotopic (exact) mass is 412 g/mol. The predicted octanol–water partition coefficient (Wildman–Crippen LogP) is 2.27. The molecule has 162 valence electrons. The third-order valence-electron chi connectivity index (χ3n) is 6.47. The summed E-state index contributed by atoms with van der Waals surface area (Å²) in [6, 6.07) is 10.6. The Morgan fingerprint density at radius 2 is 2.03 bits per heavy atom. The standard InChI is InChI=1S/C23H32N4O3/c1-17-20(13-29-4)21(24-30-17)22(28)27-12-19-11-26(10-18-8-6-5-7-9-18)15-23(19,16-27)14-25(2)3/h5-9,19H,10-16H2,1-4H3/t19-,23+/m1/s1. The molecule has 2 aliphatic rings. The molecule has 2 aliphatic heterocycles. The van der Waals surface area contributed by atoms with E-state index in [1.54, 1.807) is 7.11 Å². The number of nitrogens with zero attached hydrogens (tertiary/aromatic N) is 4. The van der Waals surface area contributed by atoms with E-state index >= 15 is 0 Å². The lowest BCUT2D eigenvalue weighted by molar-refractivity contribution is 0.0733. The van der Waals surface area contributed by atoms with Gasteiger partial charge in [-0.1, -0.05) is 35.5 Å². The normalized spacial score (nSPS) is 24.0. The van der Waals surface area contributed by atoms with E-state index < -0.39 is 0 Å². The van der Waals surface area contributed by atoms with Crippen molar-refractivity contribution in [3.05, 3.63) is 52.9 Å². The smallest absolute Gasteiger partial charge is 0.276 e. The van der Waals surface area contributed by atoms with Crippen molar-refractivity contribution in [2.45, 2.75) is 20.1 Å². The van der Waals surface area contributed by atoms with Crippen LogP contribution < -0.4 is 0 Å². The van der Waals surface area contributed by atoms with Crippen molar-refractivity contribution in [2.75, 3.05) is 53.9 Å². The van der Waals surface area contributed by atoms with Crippen LogP contribution >= 0.6 is 0 Å². The molecule has 1 amide bonds. The minimum Gasteiger partial charge on any atom is -0.380 e. The van der Waals surface area contributed by atoms with Gasteiger partial charge in [0.1, 0.15) is 5.76 Å². The van der Waals surface area contributed by atoms with Crippen molar-refractivity contribution in [3.63, 3.8) is 0 Å². The molecule has 2 atom stereocenters.